The molecule has 2 aromatic rings. The first-order valence-electron chi connectivity index (χ1n) is 8.84. The third-order valence-corrected chi connectivity index (χ3v) is 6.50. The lowest BCUT2D eigenvalue weighted by Gasteiger charge is -2.31. The van der Waals surface area contributed by atoms with Gasteiger partial charge in [0, 0.05) is 20.4 Å². The zero-order valence-electron chi connectivity index (χ0n) is 16.2. The predicted molar refractivity (Wildman–Crippen MR) is 111 cm³/mol. The second-order valence-corrected chi connectivity index (χ2v) is 9.87. The van der Waals surface area contributed by atoms with Gasteiger partial charge in [-0.2, -0.15) is 13.2 Å². The molecule has 4 N–H and O–H groups in total. The summed E-state index contributed by atoms with van der Waals surface area (Å²) >= 11 is 7.48. The molecular weight excluding hydrogens is 462 g/mol. The molecule has 2 atom stereocenters. The highest BCUT2D eigenvalue weighted by atomic mass is 35.5. The Bertz CT molecular complexity index is 936. The van der Waals surface area contributed by atoms with Crippen molar-refractivity contribution in [2.45, 2.75) is 54.3 Å². The van der Waals surface area contributed by atoms with E-state index in [2.05, 4.69) is 4.52 Å². The fraction of sp³-hybridized carbons (Fsp3) is 0.368. The second kappa shape index (κ2) is 9.61. The highest BCUT2D eigenvalue weighted by Gasteiger charge is 2.33. The van der Waals surface area contributed by atoms with E-state index in [0.29, 0.717) is 27.7 Å². The first-order chi connectivity index (χ1) is 13.7. The van der Waals surface area contributed by atoms with Gasteiger partial charge in [0.2, 0.25) is 0 Å². The Morgan fingerprint density at radius 1 is 1.20 bits per heavy atom. The molecule has 0 aliphatic carbocycles. The van der Waals surface area contributed by atoms with Crippen molar-refractivity contribution in [3.63, 3.8) is 0 Å². The molecule has 2 aromatic carbocycles. The number of phosphoric acid groups is 1. The number of hydrogen-bond donors (Lipinski definition) is 3. The Labute approximate surface area is 182 Å². The van der Waals surface area contributed by atoms with Crippen LogP contribution in [0.25, 0.3) is 0 Å². The first-order valence-corrected chi connectivity index (χ1v) is 11.6. The van der Waals surface area contributed by atoms with Crippen LogP contribution in [0.2, 0.25) is 5.02 Å². The number of alkyl halides is 3. The number of benzene rings is 2. The van der Waals surface area contributed by atoms with E-state index in [-0.39, 0.29) is 0 Å². The molecule has 166 valence electrons. The maximum Gasteiger partial charge on any atom is 0.469 e. The van der Waals surface area contributed by atoms with Crippen molar-refractivity contribution < 1.29 is 32.0 Å². The molecule has 0 fully saturated rings. The third kappa shape index (κ3) is 7.57. The normalized spacial score (nSPS) is 15.6. The smallest absolute Gasteiger partial charge is 0.323 e. The van der Waals surface area contributed by atoms with E-state index in [9.17, 15) is 17.7 Å². The molecule has 0 spiro atoms. The fourth-order valence-electron chi connectivity index (χ4n) is 2.60. The summed E-state index contributed by atoms with van der Waals surface area (Å²) in [5.41, 5.74) is 5.16. The molecule has 0 saturated heterocycles. The van der Waals surface area contributed by atoms with E-state index in [1.807, 2.05) is 0 Å². The summed E-state index contributed by atoms with van der Waals surface area (Å²) in [5, 5.41) is 0.423. The minimum atomic E-state index is -4.66. The Morgan fingerprint density at radius 3 is 2.40 bits per heavy atom. The Kier molecular flexibility index (Phi) is 8.07. The van der Waals surface area contributed by atoms with E-state index < -0.39 is 31.2 Å². The van der Waals surface area contributed by atoms with Gasteiger partial charge in [-0.3, -0.25) is 4.52 Å². The number of rotatable bonds is 8. The van der Waals surface area contributed by atoms with E-state index in [1.54, 1.807) is 31.2 Å². The molecule has 5 nitrogen and oxygen atoms in total. The average Bonchev–Trinajstić information content (AvgIpc) is 2.59. The number of nitrogens with two attached hydrogens (primary N) is 1. The average molecular weight is 484 g/mol. The first kappa shape index (κ1) is 25.2. The number of halogens is 4. The van der Waals surface area contributed by atoms with Crippen LogP contribution in [-0.2, 0) is 21.7 Å². The van der Waals surface area contributed by atoms with Crippen LogP contribution < -0.4 is 5.73 Å². The van der Waals surface area contributed by atoms with Crippen molar-refractivity contribution in [3.05, 3.63) is 58.6 Å². The molecule has 30 heavy (non-hydrogen) atoms. The third-order valence-electron chi connectivity index (χ3n) is 4.58. The summed E-state index contributed by atoms with van der Waals surface area (Å²) < 4.78 is 54.3. The van der Waals surface area contributed by atoms with Crippen LogP contribution in [0.3, 0.4) is 0 Å². The molecule has 0 saturated carbocycles. The summed E-state index contributed by atoms with van der Waals surface area (Å²) in [4.78, 5) is 19.0. The Hall–Kier alpha value is -1.06. The highest BCUT2D eigenvalue weighted by molar-refractivity contribution is 7.99. The summed E-state index contributed by atoms with van der Waals surface area (Å²) in [6.07, 6.45) is -4.54. The van der Waals surface area contributed by atoms with Gasteiger partial charge in [0.15, 0.2) is 0 Å². The van der Waals surface area contributed by atoms with Gasteiger partial charge in [0.05, 0.1) is 11.7 Å². The monoisotopic (exact) mass is 483 g/mol. The van der Waals surface area contributed by atoms with Gasteiger partial charge in [-0.1, -0.05) is 35.5 Å². The minimum absolute atomic E-state index is 0.341. The molecule has 0 aliphatic heterocycles. The largest absolute Gasteiger partial charge is 0.469 e. The van der Waals surface area contributed by atoms with Crippen molar-refractivity contribution in [2.75, 3.05) is 0 Å². The number of phosphoric ester groups is 1. The summed E-state index contributed by atoms with van der Waals surface area (Å²) in [6.45, 7) is 3.11. The molecule has 2 rings (SSSR count). The maximum atomic E-state index is 12.9. The van der Waals surface area contributed by atoms with Crippen molar-refractivity contribution in [1.29, 1.82) is 0 Å². The van der Waals surface area contributed by atoms with Gasteiger partial charge in [-0.15, -0.1) is 0 Å². The molecule has 0 radical (unpaired) electrons. The van der Waals surface area contributed by atoms with Gasteiger partial charge in [0.25, 0.3) is 0 Å². The molecular formula is C19H22ClF3NO4PS. The van der Waals surface area contributed by atoms with Crippen LogP contribution in [0.15, 0.2) is 52.3 Å². The van der Waals surface area contributed by atoms with Crippen LogP contribution in [0.4, 0.5) is 13.2 Å². The van der Waals surface area contributed by atoms with E-state index in [1.165, 1.54) is 13.0 Å². The second-order valence-electron chi connectivity index (χ2n) is 7.12. The van der Waals surface area contributed by atoms with E-state index >= 15 is 0 Å². The maximum absolute atomic E-state index is 12.9. The molecule has 0 heterocycles. The lowest BCUT2D eigenvalue weighted by Crippen LogP contribution is -2.47. The zero-order valence-corrected chi connectivity index (χ0v) is 18.7. The fourth-order valence-corrected chi connectivity index (χ4v) is 4.51. The topological polar surface area (TPSA) is 92.8 Å². The summed E-state index contributed by atoms with van der Waals surface area (Å²) in [6, 6.07) is 10.2. The van der Waals surface area contributed by atoms with Gasteiger partial charge in [-0.05, 0) is 62.6 Å². The standard InChI is InChI=1S/C19H22ClF3NO4PS/c1-12(28-29(25,26)27)18(2,24)9-8-13-6-7-16(11-17(13)20)30-15-5-3-4-14(10-15)19(21,22)23/h3-7,10-12H,8-9,24H2,1-2H3,(H2,25,26,27)/t12?,18-/m0/s1. The van der Waals surface area contributed by atoms with Crippen LogP contribution >= 0.6 is 31.2 Å². The summed E-state index contributed by atoms with van der Waals surface area (Å²) in [5.74, 6) is 0. The SMILES string of the molecule is CC(OP(=O)(O)O)[C@@](C)(N)CCc1ccc(Sc2cccc(C(F)(F)F)c2)cc1Cl. The molecule has 0 amide bonds. The lowest BCUT2D eigenvalue weighted by molar-refractivity contribution is -0.137. The van der Waals surface area contributed by atoms with Crippen LogP contribution in [0, 0.1) is 0 Å². The molecule has 1 unspecified atom stereocenters. The molecule has 0 aromatic heterocycles. The Balaban J connectivity index is 2.06. The van der Waals surface area contributed by atoms with Crippen LogP contribution in [-0.4, -0.2) is 21.4 Å². The number of hydrogen-bond acceptors (Lipinski definition) is 4. The Morgan fingerprint density at radius 2 is 1.83 bits per heavy atom. The van der Waals surface area contributed by atoms with Crippen molar-refractivity contribution in [3.8, 4) is 0 Å². The van der Waals surface area contributed by atoms with Gasteiger partial charge in [0.1, 0.15) is 0 Å². The van der Waals surface area contributed by atoms with Crippen LogP contribution in [0.5, 0.6) is 0 Å². The lowest BCUT2D eigenvalue weighted by atomic mass is 9.90. The molecule has 0 bridgehead atoms. The predicted octanol–water partition coefficient (Wildman–Crippen LogP) is 5.66. The number of aryl methyl sites for hydroxylation is 1. The van der Waals surface area contributed by atoms with Crippen molar-refractivity contribution in [1.82, 2.24) is 0 Å². The molecule has 11 heteroatoms. The zero-order chi connectivity index (χ0) is 22.7. The van der Waals surface area contributed by atoms with E-state index in [0.717, 1.165) is 29.5 Å². The highest BCUT2D eigenvalue weighted by Crippen LogP contribution is 2.40. The minimum Gasteiger partial charge on any atom is -0.323 e. The van der Waals surface area contributed by atoms with Gasteiger partial charge >= 0.3 is 14.0 Å². The van der Waals surface area contributed by atoms with Crippen molar-refractivity contribution >= 4 is 31.2 Å². The molecule has 0 aliphatic rings. The van der Waals surface area contributed by atoms with Crippen LogP contribution in [0.1, 0.15) is 31.4 Å². The quantitative estimate of drug-likeness (QED) is 0.420. The van der Waals surface area contributed by atoms with Crippen molar-refractivity contribution in [2.24, 2.45) is 5.73 Å². The van der Waals surface area contributed by atoms with Gasteiger partial charge < -0.3 is 15.5 Å². The van der Waals surface area contributed by atoms with Gasteiger partial charge in [-0.25, -0.2) is 4.57 Å². The van der Waals surface area contributed by atoms with E-state index in [4.69, 9.17) is 27.1 Å². The summed E-state index contributed by atoms with van der Waals surface area (Å²) in [7, 11) is -4.66.